The molecule has 0 saturated carbocycles. The van der Waals surface area contributed by atoms with E-state index in [-0.39, 0.29) is 31.0 Å². The third-order valence-electron chi connectivity index (χ3n) is 5.86. The highest BCUT2D eigenvalue weighted by atomic mass is 16.5. The van der Waals surface area contributed by atoms with Crippen molar-refractivity contribution < 1.29 is 19.4 Å². The predicted molar refractivity (Wildman–Crippen MR) is 124 cm³/mol. The van der Waals surface area contributed by atoms with E-state index >= 15 is 0 Å². The number of benzene rings is 2. The molecule has 0 aliphatic heterocycles. The molecule has 33 heavy (non-hydrogen) atoms. The van der Waals surface area contributed by atoms with Crippen LogP contribution in [0, 0.1) is 0 Å². The second kappa shape index (κ2) is 9.83. The van der Waals surface area contributed by atoms with Gasteiger partial charge in [-0.3, -0.25) is 19.0 Å². The molecule has 0 bridgehead atoms. The van der Waals surface area contributed by atoms with Crippen LogP contribution in [0.5, 0.6) is 5.75 Å². The van der Waals surface area contributed by atoms with Crippen molar-refractivity contribution in [1.29, 1.82) is 0 Å². The highest BCUT2D eigenvalue weighted by molar-refractivity contribution is 6.02. The summed E-state index contributed by atoms with van der Waals surface area (Å²) in [6, 6.07) is 17.8. The van der Waals surface area contributed by atoms with Gasteiger partial charge in [-0.25, -0.2) is 0 Å². The summed E-state index contributed by atoms with van der Waals surface area (Å²) in [6.07, 6.45) is 1.60. The Balaban J connectivity index is 1.83. The Morgan fingerprint density at radius 2 is 1.79 bits per heavy atom. The minimum Gasteiger partial charge on any atom is -0.497 e. The van der Waals surface area contributed by atoms with Crippen LogP contribution in [0.2, 0.25) is 0 Å². The van der Waals surface area contributed by atoms with Crippen LogP contribution < -0.4 is 10.3 Å². The van der Waals surface area contributed by atoms with Gasteiger partial charge >= 0.3 is 0 Å². The van der Waals surface area contributed by atoms with Gasteiger partial charge in [0.1, 0.15) is 11.3 Å². The third-order valence-corrected chi connectivity index (χ3v) is 5.86. The van der Waals surface area contributed by atoms with E-state index in [2.05, 4.69) is 0 Å². The Morgan fingerprint density at radius 3 is 2.45 bits per heavy atom. The summed E-state index contributed by atoms with van der Waals surface area (Å²) in [5, 5.41) is 9.55. The van der Waals surface area contributed by atoms with E-state index in [1.54, 1.807) is 31.4 Å². The van der Waals surface area contributed by atoms with Crippen LogP contribution in [0.25, 0.3) is 5.69 Å². The zero-order chi connectivity index (χ0) is 23.4. The Hall–Kier alpha value is -3.71. The Kier molecular flexibility index (Phi) is 6.70. The topological polar surface area (TPSA) is 88.8 Å². The maximum atomic E-state index is 13.6. The van der Waals surface area contributed by atoms with Crippen LogP contribution in [-0.4, -0.2) is 46.5 Å². The number of amides is 1. The number of fused-ring (bicyclic) bond motifs is 1. The second-order valence-electron chi connectivity index (χ2n) is 7.97. The maximum Gasteiger partial charge on any atom is 0.268 e. The zero-order valence-corrected chi connectivity index (χ0v) is 18.5. The smallest absolute Gasteiger partial charge is 0.268 e. The number of Topliss-reactive ketones (excluding diaryl/α,β-unsaturated/α-hetero) is 1. The summed E-state index contributed by atoms with van der Waals surface area (Å²) in [4.78, 5) is 41.3. The summed E-state index contributed by atoms with van der Waals surface area (Å²) >= 11 is 0. The highest BCUT2D eigenvalue weighted by Crippen LogP contribution is 2.25. The normalized spacial score (nSPS) is 12.8. The van der Waals surface area contributed by atoms with Gasteiger partial charge in [0.2, 0.25) is 0 Å². The molecule has 1 aliphatic rings. The van der Waals surface area contributed by atoms with Crippen molar-refractivity contribution in [3.05, 3.63) is 93.4 Å². The first kappa shape index (κ1) is 22.5. The fourth-order valence-corrected chi connectivity index (χ4v) is 4.20. The molecule has 1 aliphatic carbocycles. The van der Waals surface area contributed by atoms with Gasteiger partial charge in [-0.15, -0.1) is 0 Å². The average Bonchev–Trinajstić information content (AvgIpc) is 2.84. The van der Waals surface area contributed by atoms with Crippen LogP contribution in [0.1, 0.15) is 44.8 Å². The molecule has 0 fully saturated rings. The molecule has 170 valence electrons. The molecular weight excluding hydrogens is 420 g/mol. The number of rotatable bonds is 7. The number of ether oxygens (including phenoxy) is 1. The molecule has 0 atom stereocenters. The fraction of sp³-hybridized carbons (Fsp3) is 0.269. The number of aliphatic hydroxyl groups is 1. The first-order chi connectivity index (χ1) is 16.0. The van der Waals surface area contributed by atoms with Gasteiger partial charge in [0, 0.05) is 36.5 Å². The predicted octanol–water partition coefficient (Wildman–Crippen LogP) is 3.00. The molecule has 0 unspecified atom stereocenters. The molecule has 1 N–H and O–H groups in total. The zero-order valence-electron chi connectivity index (χ0n) is 18.5. The number of aromatic nitrogens is 1. The van der Waals surface area contributed by atoms with Crippen molar-refractivity contribution in [1.82, 2.24) is 9.47 Å². The first-order valence-electron chi connectivity index (χ1n) is 10.9. The lowest BCUT2D eigenvalue weighted by molar-refractivity contribution is 0.0705. The molecule has 0 spiro atoms. The second-order valence-corrected chi connectivity index (χ2v) is 7.97. The standard InChI is InChI=1S/C26H26N2O5/c1-33-20-12-10-19(11-13-20)28-23-8-5-9-24(30)21(23)16-22(26(28)32)25(31)27(14-15-29)17-18-6-3-2-4-7-18/h2-4,6-7,10-13,16,29H,5,8-9,14-15,17H2,1H3. The van der Waals surface area contributed by atoms with Crippen molar-refractivity contribution in [2.75, 3.05) is 20.3 Å². The lowest BCUT2D eigenvalue weighted by Crippen LogP contribution is -2.39. The van der Waals surface area contributed by atoms with Gasteiger partial charge in [0.25, 0.3) is 11.5 Å². The van der Waals surface area contributed by atoms with Crippen LogP contribution in [0.4, 0.5) is 0 Å². The van der Waals surface area contributed by atoms with E-state index < -0.39 is 11.5 Å². The lowest BCUT2D eigenvalue weighted by atomic mass is 9.92. The number of aliphatic hydroxyl groups excluding tert-OH is 1. The van der Waals surface area contributed by atoms with Crippen molar-refractivity contribution in [3.8, 4) is 11.4 Å². The summed E-state index contributed by atoms with van der Waals surface area (Å²) in [5.41, 5.74) is 1.92. The van der Waals surface area contributed by atoms with Crippen LogP contribution in [0.3, 0.4) is 0 Å². The minimum absolute atomic E-state index is 0.0702. The van der Waals surface area contributed by atoms with Crippen LogP contribution in [-0.2, 0) is 13.0 Å². The van der Waals surface area contributed by atoms with E-state index in [0.717, 1.165) is 5.56 Å². The number of pyridine rings is 1. The number of hydrogen-bond donors (Lipinski definition) is 1. The summed E-state index contributed by atoms with van der Waals surface area (Å²) in [6.45, 7) is 0.0725. The molecule has 1 heterocycles. The number of carbonyl (C=O) groups excluding carboxylic acids is 2. The molecule has 0 radical (unpaired) electrons. The van der Waals surface area contributed by atoms with Crippen LogP contribution in [0.15, 0.2) is 65.5 Å². The van der Waals surface area contributed by atoms with E-state index in [4.69, 9.17) is 4.74 Å². The number of ketones is 1. The van der Waals surface area contributed by atoms with Gasteiger partial charge in [-0.1, -0.05) is 30.3 Å². The maximum absolute atomic E-state index is 13.6. The first-order valence-corrected chi connectivity index (χ1v) is 10.9. The Morgan fingerprint density at radius 1 is 1.06 bits per heavy atom. The van der Waals surface area contributed by atoms with Crippen LogP contribution >= 0.6 is 0 Å². The Labute approximate surface area is 191 Å². The largest absolute Gasteiger partial charge is 0.497 e. The third kappa shape index (κ3) is 4.59. The summed E-state index contributed by atoms with van der Waals surface area (Å²) < 4.78 is 6.69. The van der Waals surface area contributed by atoms with Crippen molar-refractivity contribution in [2.45, 2.75) is 25.8 Å². The van der Waals surface area contributed by atoms with E-state index in [9.17, 15) is 19.5 Å². The van der Waals surface area contributed by atoms with Gasteiger partial charge in [0.05, 0.1) is 13.7 Å². The highest BCUT2D eigenvalue weighted by Gasteiger charge is 2.28. The van der Waals surface area contributed by atoms with E-state index in [1.807, 2.05) is 30.3 Å². The molecule has 1 aromatic heterocycles. The monoisotopic (exact) mass is 446 g/mol. The molecule has 3 aromatic rings. The number of hydrogen-bond acceptors (Lipinski definition) is 5. The molecule has 7 heteroatoms. The summed E-state index contributed by atoms with van der Waals surface area (Å²) in [5.74, 6) is 0.0478. The lowest BCUT2D eigenvalue weighted by Gasteiger charge is -2.25. The van der Waals surface area contributed by atoms with Crippen molar-refractivity contribution >= 4 is 11.7 Å². The number of carbonyl (C=O) groups is 2. The quantitative estimate of drug-likeness (QED) is 0.603. The number of methoxy groups -OCH3 is 1. The minimum atomic E-state index is -0.513. The van der Waals surface area contributed by atoms with Crippen molar-refractivity contribution in [2.24, 2.45) is 0 Å². The SMILES string of the molecule is COc1ccc(-n2c3c(cc(C(=O)N(CCO)Cc4ccccc4)c2=O)C(=O)CCC3)cc1. The van der Waals surface area contributed by atoms with E-state index in [1.165, 1.54) is 15.5 Å². The molecule has 0 saturated heterocycles. The number of nitrogens with zero attached hydrogens (tertiary/aromatic N) is 2. The molecule has 2 aromatic carbocycles. The van der Waals surface area contributed by atoms with Gasteiger partial charge in [-0.05, 0) is 48.7 Å². The molecular formula is C26H26N2O5. The fourth-order valence-electron chi connectivity index (χ4n) is 4.20. The van der Waals surface area contributed by atoms with Gasteiger partial charge in [-0.2, -0.15) is 0 Å². The molecule has 4 rings (SSSR count). The molecule has 7 nitrogen and oxygen atoms in total. The van der Waals surface area contributed by atoms with Crippen molar-refractivity contribution in [3.63, 3.8) is 0 Å². The summed E-state index contributed by atoms with van der Waals surface area (Å²) in [7, 11) is 1.56. The van der Waals surface area contributed by atoms with E-state index in [0.29, 0.717) is 42.0 Å². The van der Waals surface area contributed by atoms with Gasteiger partial charge in [0.15, 0.2) is 5.78 Å². The Bertz CT molecular complexity index is 1220. The molecule has 1 amide bonds. The average molecular weight is 447 g/mol. The van der Waals surface area contributed by atoms with Gasteiger partial charge < -0.3 is 14.7 Å².